The third-order valence-corrected chi connectivity index (χ3v) is 7.30. The van der Waals surface area contributed by atoms with E-state index in [4.69, 9.17) is 9.47 Å². The Bertz CT molecular complexity index is 1120. The van der Waals surface area contributed by atoms with Gasteiger partial charge in [0, 0.05) is 23.3 Å². The van der Waals surface area contributed by atoms with Gasteiger partial charge in [-0.3, -0.25) is 9.89 Å². The molecule has 1 saturated carbocycles. The lowest BCUT2D eigenvalue weighted by atomic mass is 9.74. The summed E-state index contributed by atoms with van der Waals surface area (Å²) in [7, 11) is 0. The second-order valence-corrected chi connectivity index (χ2v) is 9.35. The number of rotatable bonds is 6. The maximum atomic E-state index is 11.3. The Hall–Kier alpha value is -3.02. The highest BCUT2D eigenvalue weighted by atomic mass is 16.5. The third-order valence-electron chi connectivity index (χ3n) is 7.30. The van der Waals surface area contributed by atoms with Gasteiger partial charge in [-0.05, 0) is 55.5 Å². The molecule has 2 unspecified atom stereocenters. The number of aromatic nitrogens is 2. The molecule has 1 aromatic heterocycles. The number of aliphatic carboxylic acids is 1. The summed E-state index contributed by atoms with van der Waals surface area (Å²) in [5, 5.41) is 17.5. The van der Waals surface area contributed by atoms with Crippen LogP contribution < -0.4 is 9.47 Å². The summed E-state index contributed by atoms with van der Waals surface area (Å²) in [4.78, 5) is 11.3. The molecule has 0 radical (unpaired) electrons. The number of carbonyl (C=O) groups is 1. The van der Waals surface area contributed by atoms with Gasteiger partial charge in [0.25, 0.3) is 0 Å². The summed E-state index contributed by atoms with van der Waals surface area (Å²) in [5.41, 5.74) is 2.66. The van der Waals surface area contributed by atoms with Crippen molar-refractivity contribution in [2.24, 2.45) is 5.92 Å². The molecule has 2 atom stereocenters. The second kappa shape index (κ2) is 8.49. The molecule has 168 valence electrons. The fourth-order valence-electron chi connectivity index (χ4n) is 5.46. The van der Waals surface area contributed by atoms with Crippen LogP contribution in [0.2, 0.25) is 0 Å². The van der Waals surface area contributed by atoms with E-state index >= 15 is 0 Å². The minimum absolute atomic E-state index is 0.0153. The van der Waals surface area contributed by atoms with Gasteiger partial charge in [-0.25, -0.2) is 0 Å². The summed E-state index contributed by atoms with van der Waals surface area (Å²) >= 11 is 0. The standard InChI is InChI=1S/C26H30N2O4/c1-26(19-5-3-2-4-6-19,20-7-10-23-18(13-20)16-27-28-23)32-21-8-9-22-17(14-25(29)30)11-12-31-24(22)15-21/h7-10,13,15-17,19H,2-6,11-12,14H2,1H3,(H,27,28)(H,29,30). The van der Waals surface area contributed by atoms with Gasteiger partial charge in [0.05, 0.1) is 24.7 Å². The minimum atomic E-state index is -0.775. The van der Waals surface area contributed by atoms with Crippen molar-refractivity contribution in [3.05, 3.63) is 53.7 Å². The SMILES string of the molecule is CC(Oc1ccc2c(c1)OCCC2CC(=O)O)(c1ccc2[nH]ncc2c1)C1CCCCC1. The molecular weight excluding hydrogens is 404 g/mol. The molecule has 1 aliphatic carbocycles. The average Bonchev–Trinajstić information content (AvgIpc) is 3.27. The zero-order valence-corrected chi connectivity index (χ0v) is 18.5. The van der Waals surface area contributed by atoms with Gasteiger partial charge in [-0.1, -0.05) is 31.4 Å². The summed E-state index contributed by atoms with van der Waals surface area (Å²) in [6.45, 7) is 2.74. The Balaban J connectivity index is 1.49. The summed E-state index contributed by atoms with van der Waals surface area (Å²) in [6.07, 6.45) is 8.72. The summed E-state index contributed by atoms with van der Waals surface area (Å²) in [6, 6.07) is 12.3. The first-order valence-corrected chi connectivity index (χ1v) is 11.6. The highest BCUT2D eigenvalue weighted by molar-refractivity contribution is 5.78. The lowest BCUT2D eigenvalue weighted by molar-refractivity contribution is -0.137. The Morgan fingerprint density at radius 1 is 1.19 bits per heavy atom. The van der Waals surface area contributed by atoms with Crippen molar-refractivity contribution in [2.45, 2.75) is 63.4 Å². The number of fused-ring (bicyclic) bond motifs is 2. The van der Waals surface area contributed by atoms with Crippen LogP contribution in [0.25, 0.3) is 10.9 Å². The number of benzene rings is 2. The normalized spacial score (nSPS) is 20.8. The topological polar surface area (TPSA) is 84.4 Å². The van der Waals surface area contributed by atoms with Crippen LogP contribution in [-0.2, 0) is 10.4 Å². The summed E-state index contributed by atoms with van der Waals surface area (Å²) < 4.78 is 12.7. The maximum Gasteiger partial charge on any atom is 0.303 e. The molecule has 5 rings (SSSR count). The van der Waals surface area contributed by atoms with E-state index in [2.05, 4.69) is 35.3 Å². The molecule has 1 fully saturated rings. The first-order valence-electron chi connectivity index (χ1n) is 11.6. The molecule has 6 heteroatoms. The molecule has 3 aromatic rings. The number of nitrogens with one attached hydrogen (secondary N) is 1. The molecule has 0 saturated heterocycles. The van der Waals surface area contributed by atoms with Crippen LogP contribution in [0.15, 0.2) is 42.6 Å². The van der Waals surface area contributed by atoms with Gasteiger partial charge < -0.3 is 14.6 Å². The molecule has 0 bridgehead atoms. The van der Waals surface area contributed by atoms with E-state index in [-0.39, 0.29) is 12.3 Å². The Morgan fingerprint density at radius 3 is 2.84 bits per heavy atom. The third kappa shape index (κ3) is 3.94. The van der Waals surface area contributed by atoms with Crippen molar-refractivity contribution in [3.8, 4) is 11.5 Å². The zero-order valence-electron chi connectivity index (χ0n) is 18.5. The first-order chi connectivity index (χ1) is 15.5. The number of carboxylic acids is 1. The van der Waals surface area contributed by atoms with Gasteiger partial charge in [0.2, 0.25) is 0 Å². The monoisotopic (exact) mass is 434 g/mol. The average molecular weight is 435 g/mol. The Morgan fingerprint density at radius 2 is 2.03 bits per heavy atom. The lowest BCUT2D eigenvalue weighted by Crippen LogP contribution is -2.39. The molecule has 2 aromatic carbocycles. The zero-order chi connectivity index (χ0) is 22.1. The first kappa shape index (κ1) is 20.9. The van der Waals surface area contributed by atoms with Gasteiger partial charge >= 0.3 is 5.97 Å². The molecule has 0 spiro atoms. The van der Waals surface area contributed by atoms with Crippen molar-refractivity contribution in [3.63, 3.8) is 0 Å². The van der Waals surface area contributed by atoms with Crippen molar-refractivity contribution in [1.29, 1.82) is 0 Å². The highest BCUT2D eigenvalue weighted by Crippen LogP contribution is 2.45. The number of hydrogen-bond donors (Lipinski definition) is 2. The lowest BCUT2D eigenvalue weighted by Gasteiger charge is -2.41. The molecular formula is C26H30N2O4. The van der Waals surface area contributed by atoms with Crippen LogP contribution in [0.4, 0.5) is 0 Å². The van der Waals surface area contributed by atoms with E-state index in [9.17, 15) is 9.90 Å². The van der Waals surface area contributed by atoms with E-state index in [0.717, 1.165) is 52.8 Å². The van der Waals surface area contributed by atoms with E-state index in [1.807, 2.05) is 24.4 Å². The number of hydrogen-bond acceptors (Lipinski definition) is 4. The number of carboxylic acid groups (broad SMARTS) is 1. The van der Waals surface area contributed by atoms with E-state index < -0.39 is 11.6 Å². The number of aromatic amines is 1. The van der Waals surface area contributed by atoms with E-state index in [1.54, 1.807) is 0 Å². The Labute approximate surface area is 187 Å². The maximum absolute atomic E-state index is 11.3. The molecule has 2 heterocycles. The number of H-pyrrole nitrogens is 1. The van der Waals surface area contributed by atoms with Crippen molar-refractivity contribution >= 4 is 16.9 Å². The fourth-order valence-corrected chi connectivity index (χ4v) is 5.46. The molecule has 2 N–H and O–H groups in total. The summed E-state index contributed by atoms with van der Waals surface area (Å²) in [5.74, 6) is 1.13. The van der Waals surface area contributed by atoms with E-state index in [1.165, 1.54) is 19.3 Å². The van der Waals surface area contributed by atoms with Gasteiger partial charge in [0.15, 0.2) is 0 Å². The largest absolute Gasteiger partial charge is 0.493 e. The van der Waals surface area contributed by atoms with Crippen molar-refractivity contribution in [1.82, 2.24) is 10.2 Å². The smallest absolute Gasteiger partial charge is 0.303 e. The number of ether oxygens (including phenoxy) is 2. The van der Waals surface area contributed by atoms with Crippen LogP contribution >= 0.6 is 0 Å². The van der Waals surface area contributed by atoms with Crippen molar-refractivity contribution < 1.29 is 19.4 Å². The minimum Gasteiger partial charge on any atom is -0.493 e. The van der Waals surface area contributed by atoms with Crippen LogP contribution in [0.3, 0.4) is 0 Å². The predicted octanol–water partition coefficient (Wildman–Crippen LogP) is 5.78. The molecule has 32 heavy (non-hydrogen) atoms. The quantitative estimate of drug-likeness (QED) is 0.514. The Kier molecular flexibility index (Phi) is 5.53. The number of nitrogens with zero attached hydrogens (tertiary/aromatic N) is 1. The second-order valence-electron chi connectivity index (χ2n) is 9.35. The van der Waals surface area contributed by atoms with Gasteiger partial charge in [0.1, 0.15) is 17.1 Å². The van der Waals surface area contributed by atoms with Crippen molar-refractivity contribution in [2.75, 3.05) is 6.61 Å². The van der Waals surface area contributed by atoms with Crippen LogP contribution in [-0.4, -0.2) is 27.9 Å². The van der Waals surface area contributed by atoms with Gasteiger partial charge in [-0.2, -0.15) is 5.10 Å². The molecule has 6 nitrogen and oxygen atoms in total. The molecule has 1 aliphatic heterocycles. The van der Waals surface area contributed by atoms with Crippen LogP contribution in [0.5, 0.6) is 11.5 Å². The molecule has 0 amide bonds. The molecule has 2 aliphatic rings. The fraction of sp³-hybridized carbons (Fsp3) is 0.462. The van der Waals surface area contributed by atoms with E-state index in [0.29, 0.717) is 12.5 Å². The van der Waals surface area contributed by atoms with Crippen LogP contribution in [0.1, 0.15) is 68.9 Å². The predicted molar refractivity (Wildman–Crippen MR) is 122 cm³/mol. The van der Waals surface area contributed by atoms with Crippen LogP contribution in [0, 0.1) is 5.92 Å². The highest BCUT2D eigenvalue weighted by Gasteiger charge is 2.39. The van der Waals surface area contributed by atoms with Gasteiger partial charge in [-0.15, -0.1) is 0 Å².